The van der Waals surface area contributed by atoms with Crippen LogP contribution < -0.4 is 5.32 Å². The van der Waals surface area contributed by atoms with Crippen LogP contribution in [0.5, 0.6) is 0 Å². The Morgan fingerprint density at radius 2 is 1.94 bits per heavy atom. The summed E-state index contributed by atoms with van der Waals surface area (Å²) in [6.07, 6.45) is 10.7. The fraction of sp³-hybridized carbons (Fsp3) is 0.929. The van der Waals surface area contributed by atoms with Gasteiger partial charge in [-0.25, -0.2) is 0 Å². The summed E-state index contributed by atoms with van der Waals surface area (Å²) in [5, 5.41) is 3.08. The molecular weight excluding hydrogens is 198 g/mol. The standard InChI is InChI=1S/C14H25NO/c1-11-10-13(11)14(16)15-9-5-8-12-6-3-2-4-7-12/h11-13H,2-10H2,1H3,(H,15,16)/t11-,13+/m1/s1. The molecule has 2 rings (SSSR count). The molecule has 0 heterocycles. The molecule has 0 aliphatic heterocycles. The predicted molar refractivity (Wildman–Crippen MR) is 66.1 cm³/mol. The minimum atomic E-state index is 0.302. The fourth-order valence-electron chi connectivity index (χ4n) is 2.90. The Hall–Kier alpha value is -0.530. The van der Waals surface area contributed by atoms with Gasteiger partial charge < -0.3 is 5.32 Å². The first-order valence-corrected chi connectivity index (χ1v) is 7.05. The van der Waals surface area contributed by atoms with Gasteiger partial charge in [0.25, 0.3) is 0 Å². The zero-order valence-corrected chi connectivity index (χ0v) is 10.5. The third-order valence-corrected chi connectivity index (χ3v) is 4.26. The Labute approximate surface area is 99.2 Å². The van der Waals surface area contributed by atoms with Crippen molar-refractivity contribution in [2.24, 2.45) is 17.8 Å². The summed E-state index contributed by atoms with van der Waals surface area (Å²) in [5.74, 6) is 2.23. The van der Waals surface area contributed by atoms with Crippen LogP contribution in [0.4, 0.5) is 0 Å². The van der Waals surface area contributed by atoms with Crippen molar-refractivity contribution in [2.75, 3.05) is 6.54 Å². The molecule has 0 saturated heterocycles. The van der Waals surface area contributed by atoms with Crippen molar-refractivity contribution < 1.29 is 4.79 Å². The first kappa shape index (κ1) is 11.9. The minimum absolute atomic E-state index is 0.302. The van der Waals surface area contributed by atoms with Crippen molar-refractivity contribution in [1.82, 2.24) is 5.32 Å². The van der Waals surface area contributed by atoms with Gasteiger partial charge in [-0.1, -0.05) is 39.0 Å². The molecule has 2 fully saturated rings. The first-order valence-electron chi connectivity index (χ1n) is 7.05. The summed E-state index contributed by atoms with van der Waals surface area (Å²) in [7, 11) is 0. The van der Waals surface area contributed by atoms with E-state index in [4.69, 9.17) is 0 Å². The average molecular weight is 223 g/mol. The van der Waals surface area contributed by atoms with E-state index in [2.05, 4.69) is 12.2 Å². The molecule has 2 heteroatoms. The summed E-state index contributed by atoms with van der Waals surface area (Å²) in [4.78, 5) is 11.6. The molecular formula is C14H25NO. The van der Waals surface area contributed by atoms with Crippen molar-refractivity contribution in [3.05, 3.63) is 0 Å². The lowest BCUT2D eigenvalue weighted by atomic mass is 9.86. The summed E-state index contributed by atoms with van der Waals surface area (Å²) >= 11 is 0. The van der Waals surface area contributed by atoms with Crippen LogP contribution in [-0.4, -0.2) is 12.5 Å². The van der Waals surface area contributed by atoms with E-state index in [1.165, 1.54) is 44.9 Å². The largest absolute Gasteiger partial charge is 0.356 e. The number of hydrogen-bond donors (Lipinski definition) is 1. The highest BCUT2D eigenvalue weighted by Gasteiger charge is 2.38. The second-order valence-corrected chi connectivity index (χ2v) is 5.76. The Bertz CT molecular complexity index is 233. The zero-order valence-electron chi connectivity index (χ0n) is 10.5. The maximum absolute atomic E-state index is 11.6. The van der Waals surface area contributed by atoms with Gasteiger partial charge >= 0.3 is 0 Å². The van der Waals surface area contributed by atoms with Crippen molar-refractivity contribution in [2.45, 2.75) is 58.3 Å². The number of hydrogen-bond acceptors (Lipinski definition) is 1. The lowest BCUT2D eigenvalue weighted by Gasteiger charge is -2.21. The Kier molecular flexibility index (Phi) is 4.25. The number of nitrogens with one attached hydrogen (secondary N) is 1. The van der Waals surface area contributed by atoms with E-state index >= 15 is 0 Å². The lowest BCUT2D eigenvalue weighted by Crippen LogP contribution is -2.26. The van der Waals surface area contributed by atoms with Gasteiger partial charge in [-0.05, 0) is 31.1 Å². The van der Waals surface area contributed by atoms with E-state index in [0.29, 0.717) is 17.7 Å². The van der Waals surface area contributed by atoms with Crippen LogP contribution >= 0.6 is 0 Å². The van der Waals surface area contributed by atoms with Gasteiger partial charge in [0, 0.05) is 12.5 Å². The van der Waals surface area contributed by atoms with Crippen LogP contribution in [0.25, 0.3) is 0 Å². The van der Waals surface area contributed by atoms with Gasteiger partial charge in [-0.15, -0.1) is 0 Å². The van der Waals surface area contributed by atoms with Crippen molar-refractivity contribution in [3.8, 4) is 0 Å². The van der Waals surface area contributed by atoms with Gasteiger partial charge in [-0.2, -0.15) is 0 Å². The number of carbonyl (C=O) groups excluding carboxylic acids is 1. The zero-order chi connectivity index (χ0) is 11.4. The molecule has 1 N–H and O–H groups in total. The van der Waals surface area contributed by atoms with Gasteiger partial charge in [0.2, 0.25) is 5.91 Å². The van der Waals surface area contributed by atoms with Gasteiger partial charge in [0.15, 0.2) is 0 Å². The van der Waals surface area contributed by atoms with Crippen LogP contribution in [0.1, 0.15) is 58.3 Å². The van der Waals surface area contributed by atoms with Crippen molar-refractivity contribution in [1.29, 1.82) is 0 Å². The molecule has 1 amide bonds. The number of amides is 1. The highest BCUT2D eigenvalue weighted by atomic mass is 16.2. The number of rotatable bonds is 5. The molecule has 2 aliphatic rings. The summed E-state index contributed by atoms with van der Waals surface area (Å²) in [5.41, 5.74) is 0. The SMILES string of the molecule is C[C@@H]1C[C@@H]1C(=O)NCCCC1CCCCC1. The average Bonchev–Trinajstić information content (AvgIpc) is 3.03. The Morgan fingerprint density at radius 3 is 2.56 bits per heavy atom. The normalized spacial score (nSPS) is 30.1. The van der Waals surface area contributed by atoms with Crippen LogP contribution in [-0.2, 0) is 4.79 Å². The van der Waals surface area contributed by atoms with Gasteiger partial charge in [-0.3, -0.25) is 4.79 Å². The molecule has 2 nitrogen and oxygen atoms in total. The molecule has 2 atom stereocenters. The Balaban J connectivity index is 1.49. The first-order chi connectivity index (χ1) is 7.77. The Morgan fingerprint density at radius 1 is 1.25 bits per heavy atom. The van der Waals surface area contributed by atoms with Crippen LogP contribution in [0.3, 0.4) is 0 Å². The van der Waals surface area contributed by atoms with E-state index in [9.17, 15) is 4.79 Å². The second-order valence-electron chi connectivity index (χ2n) is 5.76. The molecule has 0 bridgehead atoms. The monoisotopic (exact) mass is 223 g/mol. The summed E-state index contributed by atoms with van der Waals surface area (Å²) < 4.78 is 0. The molecule has 92 valence electrons. The van der Waals surface area contributed by atoms with Crippen LogP contribution in [0, 0.1) is 17.8 Å². The molecule has 2 aliphatic carbocycles. The van der Waals surface area contributed by atoms with Crippen LogP contribution in [0.15, 0.2) is 0 Å². The van der Waals surface area contributed by atoms with E-state index in [0.717, 1.165) is 18.9 Å². The highest BCUT2D eigenvalue weighted by molar-refractivity contribution is 5.81. The molecule has 0 aromatic rings. The highest BCUT2D eigenvalue weighted by Crippen LogP contribution is 2.37. The van der Waals surface area contributed by atoms with Crippen LogP contribution in [0.2, 0.25) is 0 Å². The molecule has 0 aromatic carbocycles. The molecule has 0 spiro atoms. The maximum Gasteiger partial charge on any atom is 0.223 e. The molecule has 2 saturated carbocycles. The maximum atomic E-state index is 11.6. The van der Waals surface area contributed by atoms with Gasteiger partial charge in [0.05, 0.1) is 0 Å². The van der Waals surface area contributed by atoms with Gasteiger partial charge in [0.1, 0.15) is 0 Å². The summed E-state index contributed by atoms with van der Waals surface area (Å²) in [6.45, 7) is 3.06. The number of carbonyl (C=O) groups is 1. The smallest absolute Gasteiger partial charge is 0.223 e. The second kappa shape index (κ2) is 5.70. The third kappa shape index (κ3) is 3.50. The van der Waals surface area contributed by atoms with Crippen molar-refractivity contribution >= 4 is 5.91 Å². The summed E-state index contributed by atoms with van der Waals surface area (Å²) in [6, 6.07) is 0. The fourth-order valence-corrected chi connectivity index (χ4v) is 2.90. The third-order valence-electron chi connectivity index (χ3n) is 4.26. The molecule has 0 unspecified atom stereocenters. The quantitative estimate of drug-likeness (QED) is 0.713. The van der Waals surface area contributed by atoms with E-state index in [-0.39, 0.29) is 0 Å². The van der Waals surface area contributed by atoms with Crippen molar-refractivity contribution in [3.63, 3.8) is 0 Å². The molecule has 0 radical (unpaired) electrons. The molecule has 0 aromatic heterocycles. The topological polar surface area (TPSA) is 29.1 Å². The van der Waals surface area contributed by atoms with E-state index < -0.39 is 0 Å². The van der Waals surface area contributed by atoms with E-state index in [1.807, 2.05) is 0 Å². The van der Waals surface area contributed by atoms with E-state index in [1.54, 1.807) is 0 Å². The molecule has 16 heavy (non-hydrogen) atoms. The minimum Gasteiger partial charge on any atom is -0.356 e. The predicted octanol–water partition coefficient (Wildman–Crippen LogP) is 3.12. The lowest BCUT2D eigenvalue weighted by molar-refractivity contribution is -0.122.